The van der Waals surface area contributed by atoms with E-state index < -0.39 is 16.1 Å². The highest BCUT2D eigenvalue weighted by Gasteiger charge is 2.31. The topological polar surface area (TPSA) is 86.8 Å². The molecule has 3 rings (SSSR count). The maximum absolute atomic E-state index is 13.9. The molecule has 0 aliphatic heterocycles. The van der Waals surface area contributed by atoms with E-state index in [1.54, 1.807) is 24.3 Å². The number of hydrogen-bond donors (Lipinski definition) is 1. The van der Waals surface area contributed by atoms with E-state index in [4.69, 9.17) is 23.2 Å². The molecule has 41 heavy (non-hydrogen) atoms. The number of nitrogens with zero attached hydrogens (tertiary/aromatic N) is 2. The van der Waals surface area contributed by atoms with Gasteiger partial charge >= 0.3 is 0 Å². The molecule has 0 heterocycles. The van der Waals surface area contributed by atoms with Crippen molar-refractivity contribution in [2.24, 2.45) is 0 Å². The minimum atomic E-state index is -3.59. The lowest BCUT2D eigenvalue weighted by Crippen LogP contribution is -2.50. The van der Waals surface area contributed by atoms with Crippen LogP contribution in [0.3, 0.4) is 0 Å². The highest BCUT2D eigenvalue weighted by atomic mass is 35.5. The van der Waals surface area contributed by atoms with E-state index in [1.807, 2.05) is 63.2 Å². The van der Waals surface area contributed by atoms with Crippen LogP contribution in [-0.4, -0.2) is 50.5 Å². The molecular weight excluding hydrogens is 581 g/mol. The number of amides is 2. The van der Waals surface area contributed by atoms with Gasteiger partial charge in [0.1, 0.15) is 6.04 Å². The fourth-order valence-electron chi connectivity index (χ4n) is 4.58. The number of carbonyl (C=O) groups is 2. The lowest BCUT2D eigenvalue weighted by molar-refractivity contribution is -0.141. The molecule has 0 unspecified atom stereocenters. The molecule has 0 aliphatic carbocycles. The van der Waals surface area contributed by atoms with Gasteiger partial charge in [0.15, 0.2) is 0 Å². The Kier molecular flexibility index (Phi) is 11.6. The summed E-state index contributed by atoms with van der Waals surface area (Å²) in [6.45, 7) is 6.24. The molecule has 3 aromatic carbocycles. The first-order chi connectivity index (χ1) is 19.4. The Balaban J connectivity index is 1.91. The zero-order valence-corrected chi connectivity index (χ0v) is 26.2. The number of anilines is 1. The summed E-state index contributed by atoms with van der Waals surface area (Å²) < 4.78 is 26.7. The van der Waals surface area contributed by atoms with Crippen LogP contribution in [-0.2, 0) is 32.6 Å². The molecule has 10 heteroatoms. The summed E-state index contributed by atoms with van der Waals surface area (Å²) in [6.07, 6.45) is 1.71. The van der Waals surface area contributed by atoms with Crippen molar-refractivity contribution >= 4 is 50.7 Å². The van der Waals surface area contributed by atoms with Crippen molar-refractivity contribution < 1.29 is 18.0 Å². The summed E-state index contributed by atoms with van der Waals surface area (Å²) in [7, 11) is -3.59. The Morgan fingerprint density at radius 3 is 2.17 bits per heavy atom. The summed E-state index contributed by atoms with van der Waals surface area (Å²) in [5.41, 5.74) is 4.01. The van der Waals surface area contributed by atoms with Crippen molar-refractivity contribution in [2.75, 3.05) is 23.7 Å². The Hall–Kier alpha value is -3.07. The maximum Gasteiger partial charge on any atom is 0.243 e. The second kappa shape index (κ2) is 14.7. The zero-order valence-electron chi connectivity index (χ0n) is 23.9. The number of halogens is 2. The third-order valence-electron chi connectivity index (χ3n) is 6.94. The van der Waals surface area contributed by atoms with Crippen molar-refractivity contribution in [3.8, 4) is 0 Å². The van der Waals surface area contributed by atoms with E-state index in [9.17, 15) is 18.0 Å². The van der Waals surface area contributed by atoms with Crippen LogP contribution in [0, 0.1) is 13.8 Å². The third kappa shape index (κ3) is 8.96. The summed E-state index contributed by atoms with van der Waals surface area (Å²) in [5.74, 6) is -0.595. The van der Waals surface area contributed by atoms with E-state index in [2.05, 4.69) is 5.32 Å². The van der Waals surface area contributed by atoms with Crippen molar-refractivity contribution in [3.05, 3.63) is 99.0 Å². The fraction of sp³-hybridized carbons (Fsp3) is 0.355. The first kappa shape index (κ1) is 32.4. The van der Waals surface area contributed by atoms with E-state index in [0.717, 1.165) is 22.9 Å². The number of carbonyl (C=O) groups excluding carboxylic acids is 2. The number of benzene rings is 3. The van der Waals surface area contributed by atoms with Gasteiger partial charge in [0.25, 0.3) is 0 Å². The van der Waals surface area contributed by atoms with E-state index in [-0.39, 0.29) is 37.7 Å². The average Bonchev–Trinajstić information content (AvgIpc) is 2.91. The minimum absolute atomic E-state index is 0.0175. The van der Waals surface area contributed by atoms with Crippen LogP contribution < -0.4 is 9.62 Å². The van der Waals surface area contributed by atoms with Gasteiger partial charge in [-0.25, -0.2) is 8.42 Å². The van der Waals surface area contributed by atoms with Crippen LogP contribution >= 0.6 is 23.2 Å². The van der Waals surface area contributed by atoms with E-state index >= 15 is 0 Å². The van der Waals surface area contributed by atoms with Crippen LogP contribution in [0.4, 0.5) is 5.69 Å². The van der Waals surface area contributed by atoms with Gasteiger partial charge in [0.05, 0.1) is 11.9 Å². The molecule has 0 radical (unpaired) electrons. The number of nitrogens with one attached hydrogen (secondary N) is 1. The van der Waals surface area contributed by atoms with Gasteiger partial charge < -0.3 is 10.2 Å². The van der Waals surface area contributed by atoms with Gasteiger partial charge in [0.2, 0.25) is 21.8 Å². The predicted molar refractivity (Wildman–Crippen MR) is 167 cm³/mol. The molecule has 0 spiro atoms. The Labute approximate surface area is 253 Å². The molecule has 2 amide bonds. The monoisotopic (exact) mass is 617 g/mol. The molecular formula is C31H37Cl2N3O4S. The van der Waals surface area contributed by atoms with Crippen LogP contribution in [0.2, 0.25) is 10.0 Å². The summed E-state index contributed by atoms with van der Waals surface area (Å²) in [6, 6.07) is 19.2. The smallest absolute Gasteiger partial charge is 0.243 e. The minimum Gasteiger partial charge on any atom is -0.355 e. The first-order valence-corrected chi connectivity index (χ1v) is 16.1. The molecule has 220 valence electrons. The Morgan fingerprint density at radius 2 is 1.59 bits per heavy atom. The summed E-state index contributed by atoms with van der Waals surface area (Å²) >= 11 is 13.0. The Bertz CT molecular complexity index is 1450. The number of rotatable bonds is 13. The summed E-state index contributed by atoms with van der Waals surface area (Å²) in [5, 5.41) is 3.64. The summed E-state index contributed by atoms with van der Waals surface area (Å²) in [4.78, 5) is 28.7. The van der Waals surface area contributed by atoms with Crippen LogP contribution in [0.5, 0.6) is 0 Å². The Morgan fingerprint density at radius 1 is 0.927 bits per heavy atom. The van der Waals surface area contributed by atoms with Gasteiger partial charge in [-0.3, -0.25) is 13.9 Å². The molecule has 0 fully saturated rings. The van der Waals surface area contributed by atoms with Crippen molar-refractivity contribution in [1.82, 2.24) is 10.2 Å². The molecule has 0 aliphatic rings. The molecule has 0 saturated heterocycles. The quantitative estimate of drug-likeness (QED) is 0.257. The number of aryl methyl sites for hydroxylation is 2. The standard InChI is InChI=1S/C31H37Cl2N3O4S/c1-5-34-31(38)29(20-24-11-7-6-8-12-24)35(21-26-27(32)13-9-14-28(26)33)30(37)15-10-18-36(41(4,39)40)25-17-16-22(2)23(3)19-25/h6-9,11-14,16-17,19,29H,5,10,15,18,20-21H2,1-4H3,(H,34,38)/t29-/m0/s1. The molecule has 3 aromatic rings. The van der Waals surface area contributed by atoms with Crippen LogP contribution in [0.25, 0.3) is 0 Å². The SMILES string of the molecule is CCNC(=O)[C@H](Cc1ccccc1)N(Cc1c(Cl)cccc1Cl)C(=O)CCCN(c1ccc(C)c(C)c1)S(C)(=O)=O. The second-order valence-corrected chi connectivity index (χ2v) is 12.8. The van der Waals surface area contributed by atoms with Gasteiger partial charge in [-0.2, -0.15) is 0 Å². The van der Waals surface area contributed by atoms with Crippen LogP contribution in [0.15, 0.2) is 66.7 Å². The fourth-order valence-corrected chi connectivity index (χ4v) is 6.06. The lowest BCUT2D eigenvalue weighted by atomic mass is 10.0. The second-order valence-electron chi connectivity index (χ2n) is 10.0. The molecule has 0 aromatic heterocycles. The van der Waals surface area contributed by atoms with Crippen molar-refractivity contribution in [3.63, 3.8) is 0 Å². The van der Waals surface area contributed by atoms with Crippen LogP contribution in [0.1, 0.15) is 42.0 Å². The van der Waals surface area contributed by atoms with Gasteiger partial charge in [-0.05, 0) is 68.1 Å². The highest BCUT2D eigenvalue weighted by molar-refractivity contribution is 7.92. The van der Waals surface area contributed by atoms with Gasteiger partial charge in [0, 0.05) is 48.1 Å². The molecule has 0 saturated carbocycles. The van der Waals surface area contributed by atoms with Crippen molar-refractivity contribution in [1.29, 1.82) is 0 Å². The third-order valence-corrected chi connectivity index (χ3v) is 8.85. The molecule has 7 nitrogen and oxygen atoms in total. The first-order valence-electron chi connectivity index (χ1n) is 13.5. The average molecular weight is 619 g/mol. The largest absolute Gasteiger partial charge is 0.355 e. The molecule has 0 bridgehead atoms. The van der Waals surface area contributed by atoms with Gasteiger partial charge in [-0.1, -0.05) is 65.7 Å². The van der Waals surface area contributed by atoms with Crippen molar-refractivity contribution in [2.45, 2.75) is 52.6 Å². The maximum atomic E-state index is 13.9. The number of likely N-dealkylation sites (N-methyl/N-ethyl adjacent to an activating group) is 1. The van der Waals surface area contributed by atoms with Gasteiger partial charge in [-0.15, -0.1) is 0 Å². The zero-order chi connectivity index (χ0) is 30.2. The van der Waals surface area contributed by atoms with E-state index in [0.29, 0.717) is 34.3 Å². The molecule has 1 atom stereocenters. The lowest BCUT2D eigenvalue weighted by Gasteiger charge is -2.32. The highest BCUT2D eigenvalue weighted by Crippen LogP contribution is 2.28. The number of sulfonamides is 1. The van der Waals surface area contributed by atoms with E-state index in [1.165, 1.54) is 9.21 Å². The predicted octanol–water partition coefficient (Wildman–Crippen LogP) is 5.93. The molecule has 1 N–H and O–H groups in total. The normalized spacial score (nSPS) is 12.0. The number of hydrogen-bond acceptors (Lipinski definition) is 4.